The predicted molar refractivity (Wildman–Crippen MR) is 127 cm³/mol. The fraction of sp³-hybridized carbons (Fsp3) is 0.0870. The Morgan fingerprint density at radius 3 is 2.72 bits per heavy atom. The molecule has 0 bridgehead atoms. The lowest BCUT2D eigenvalue weighted by Gasteiger charge is -2.19. The third kappa shape index (κ3) is 3.63. The van der Waals surface area contributed by atoms with E-state index < -0.39 is 4.92 Å². The fourth-order valence-electron chi connectivity index (χ4n) is 3.60. The van der Waals surface area contributed by atoms with E-state index in [1.54, 1.807) is 12.1 Å². The van der Waals surface area contributed by atoms with Gasteiger partial charge in [0.2, 0.25) is 6.79 Å². The smallest absolute Gasteiger partial charge is 0.271 e. The minimum Gasteiger partial charge on any atom is -0.454 e. The summed E-state index contributed by atoms with van der Waals surface area (Å²) in [5.74, 6) is 1.47. The minimum atomic E-state index is -0.401. The van der Waals surface area contributed by atoms with Gasteiger partial charge in [-0.2, -0.15) is 5.10 Å². The van der Waals surface area contributed by atoms with Crippen LogP contribution in [0.1, 0.15) is 11.3 Å². The maximum absolute atomic E-state index is 11.1. The highest BCUT2D eigenvalue weighted by Crippen LogP contribution is 2.34. The van der Waals surface area contributed by atoms with Crippen LogP contribution in [0.4, 0.5) is 17.1 Å². The maximum atomic E-state index is 11.1. The van der Waals surface area contributed by atoms with Crippen molar-refractivity contribution in [1.29, 1.82) is 0 Å². The average Bonchev–Trinajstić information content (AvgIpc) is 3.40. The molecule has 8 nitrogen and oxygen atoms in total. The fourth-order valence-corrected chi connectivity index (χ4v) is 3.86. The van der Waals surface area contributed by atoms with Gasteiger partial charge in [0.05, 0.1) is 16.1 Å². The molecule has 0 amide bonds. The lowest BCUT2D eigenvalue weighted by molar-refractivity contribution is -0.384. The molecule has 0 saturated carbocycles. The zero-order valence-corrected chi connectivity index (χ0v) is 17.9. The molecule has 2 heterocycles. The van der Waals surface area contributed by atoms with Crippen LogP contribution in [0.15, 0.2) is 60.7 Å². The van der Waals surface area contributed by atoms with Crippen LogP contribution in [0.5, 0.6) is 11.5 Å². The predicted octanol–water partition coefficient (Wildman–Crippen LogP) is 5.30. The SMILES string of the molecule is CN(c1cccc([N+](=O)[O-])c1)c1ccc2c(C=Cc3ccc4c(c3)OCO4)nn(S)c2c1. The molecule has 1 aliphatic rings. The molecule has 0 radical (unpaired) electrons. The van der Waals surface area contributed by atoms with E-state index in [-0.39, 0.29) is 12.5 Å². The lowest BCUT2D eigenvalue weighted by atomic mass is 10.1. The van der Waals surface area contributed by atoms with Crippen LogP contribution < -0.4 is 14.4 Å². The minimum absolute atomic E-state index is 0.0469. The molecule has 160 valence electrons. The van der Waals surface area contributed by atoms with E-state index in [1.807, 2.05) is 66.6 Å². The maximum Gasteiger partial charge on any atom is 0.271 e. The summed E-state index contributed by atoms with van der Waals surface area (Å²) in [6.07, 6.45) is 3.89. The van der Waals surface area contributed by atoms with Gasteiger partial charge in [-0.3, -0.25) is 10.1 Å². The number of nitro benzene ring substituents is 1. The first kappa shape index (κ1) is 20.0. The zero-order valence-electron chi connectivity index (χ0n) is 17.0. The van der Waals surface area contributed by atoms with Crippen LogP contribution in [0.3, 0.4) is 0 Å². The zero-order chi connectivity index (χ0) is 22.2. The first-order chi connectivity index (χ1) is 15.5. The standard InChI is InChI=1S/C23H18N4O4S/c1-25(16-3-2-4-18(12-16)27(28)29)17-7-8-19-20(24-26(32)21(19)13-17)9-5-15-6-10-22-23(11-15)31-14-30-22/h2-13,32H,14H2,1H3. The van der Waals surface area contributed by atoms with E-state index in [2.05, 4.69) is 17.9 Å². The number of ether oxygens (including phenoxy) is 2. The molecule has 0 saturated heterocycles. The van der Waals surface area contributed by atoms with Gasteiger partial charge in [-0.05, 0) is 60.9 Å². The molecular weight excluding hydrogens is 428 g/mol. The molecule has 0 aliphatic carbocycles. The van der Waals surface area contributed by atoms with Crippen molar-refractivity contribution in [2.24, 2.45) is 0 Å². The van der Waals surface area contributed by atoms with Crippen molar-refractivity contribution in [1.82, 2.24) is 9.19 Å². The Morgan fingerprint density at radius 1 is 1.06 bits per heavy atom. The monoisotopic (exact) mass is 446 g/mol. The Morgan fingerprint density at radius 2 is 1.88 bits per heavy atom. The first-order valence-electron chi connectivity index (χ1n) is 9.77. The van der Waals surface area contributed by atoms with Crippen LogP contribution in [0.2, 0.25) is 0 Å². The molecule has 3 aromatic carbocycles. The number of aromatic nitrogens is 2. The van der Waals surface area contributed by atoms with Gasteiger partial charge in [0, 0.05) is 35.9 Å². The number of anilines is 2. The average molecular weight is 446 g/mol. The summed E-state index contributed by atoms with van der Waals surface area (Å²) in [7, 11) is 1.86. The molecule has 0 unspecified atom stereocenters. The summed E-state index contributed by atoms with van der Waals surface area (Å²) in [6, 6.07) is 18.1. The summed E-state index contributed by atoms with van der Waals surface area (Å²) >= 11 is 4.48. The van der Waals surface area contributed by atoms with Gasteiger partial charge in [0.15, 0.2) is 11.5 Å². The molecule has 0 N–H and O–H groups in total. The van der Waals surface area contributed by atoms with E-state index in [0.717, 1.165) is 39.3 Å². The van der Waals surface area contributed by atoms with Crippen molar-refractivity contribution in [3.63, 3.8) is 0 Å². The highest BCUT2D eigenvalue weighted by Gasteiger charge is 2.14. The Labute approximate surface area is 189 Å². The number of fused-ring (bicyclic) bond motifs is 2. The van der Waals surface area contributed by atoms with Crippen molar-refractivity contribution >= 4 is 52.9 Å². The van der Waals surface area contributed by atoms with Gasteiger partial charge in [0.25, 0.3) is 5.69 Å². The highest BCUT2D eigenvalue weighted by molar-refractivity contribution is 7.78. The summed E-state index contributed by atoms with van der Waals surface area (Å²) in [4.78, 5) is 12.6. The van der Waals surface area contributed by atoms with Gasteiger partial charge >= 0.3 is 0 Å². The quantitative estimate of drug-likeness (QED) is 0.254. The van der Waals surface area contributed by atoms with E-state index >= 15 is 0 Å². The second-order valence-corrected chi connectivity index (χ2v) is 7.64. The number of thiol groups is 1. The molecule has 0 spiro atoms. The molecule has 1 aromatic heterocycles. The van der Waals surface area contributed by atoms with Crippen LogP contribution in [-0.4, -0.2) is 27.9 Å². The number of nitro groups is 1. The van der Waals surface area contributed by atoms with Crippen LogP contribution in [-0.2, 0) is 0 Å². The number of rotatable bonds is 5. The van der Waals surface area contributed by atoms with E-state index in [4.69, 9.17) is 9.47 Å². The van der Waals surface area contributed by atoms with Gasteiger partial charge in [0.1, 0.15) is 0 Å². The first-order valence-corrected chi connectivity index (χ1v) is 10.2. The number of benzene rings is 3. The van der Waals surface area contributed by atoms with Crippen LogP contribution in [0, 0.1) is 10.1 Å². The van der Waals surface area contributed by atoms with Crippen LogP contribution in [0.25, 0.3) is 23.1 Å². The molecule has 32 heavy (non-hydrogen) atoms. The molecule has 5 rings (SSSR count). The van der Waals surface area contributed by atoms with Gasteiger partial charge in [-0.15, -0.1) is 0 Å². The summed E-state index contributed by atoms with van der Waals surface area (Å²) in [5, 5.41) is 16.6. The molecule has 0 atom stereocenters. The number of hydrogen-bond donors (Lipinski definition) is 1. The summed E-state index contributed by atoms with van der Waals surface area (Å²) < 4.78 is 12.3. The summed E-state index contributed by atoms with van der Waals surface area (Å²) in [6.45, 7) is 0.240. The Balaban J connectivity index is 1.45. The molecule has 1 aliphatic heterocycles. The van der Waals surface area contributed by atoms with Gasteiger partial charge in [-0.25, -0.2) is 4.09 Å². The van der Waals surface area contributed by atoms with E-state index in [9.17, 15) is 10.1 Å². The second-order valence-electron chi connectivity index (χ2n) is 7.26. The Bertz CT molecular complexity index is 1380. The topological polar surface area (TPSA) is 82.7 Å². The van der Waals surface area contributed by atoms with Crippen molar-refractivity contribution in [2.75, 3.05) is 18.7 Å². The third-order valence-corrected chi connectivity index (χ3v) is 5.63. The highest BCUT2D eigenvalue weighted by atomic mass is 32.1. The molecular formula is C23H18N4O4S. The Hall–Kier alpha value is -3.98. The van der Waals surface area contributed by atoms with Crippen molar-refractivity contribution in [2.45, 2.75) is 0 Å². The molecule has 4 aromatic rings. The molecule has 0 fully saturated rings. The summed E-state index contributed by atoms with van der Waals surface area (Å²) in [5.41, 5.74) is 4.20. The lowest BCUT2D eigenvalue weighted by Crippen LogP contribution is -2.09. The van der Waals surface area contributed by atoms with Crippen molar-refractivity contribution in [3.8, 4) is 11.5 Å². The van der Waals surface area contributed by atoms with E-state index in [1.165, 1.54) is 10.2 Å². The van der Waals surface area contributed by atoms with Crippen molar-refractivity contribution < 1.29 is 14.4 Å². The molecule has 9 heteroatoms. The second kappa shape index (κ2) is 7.93. The van der Waals surface area contributed by atoms with Gasteiger partial charge in [-0.1, -0.05) is 18.2 Å². The number of non-ortho nitro benzene ring substituents is 1. The van der Waals surface area contributed by atoms with Crippen molar-refractivity contribution in [3.05, 3.63) is 82.0 Å². The van der Waals surface area contributed by atoms with Crippen LogP contribution >= 0.6 is 12.8 Å². The van der Waals surface area contributed by atoms with E-state index in [0.29, 0.717) is 5.69 Å². The number of hydrogen-bond acceptors (Lipinski definition) is 7. The largest absolute Gasteiger partial charge is 0.454 e. The third-order valence-electron chi connectivity index (χ3n) is 5.32. The Kier molecular flexibility index (Phi) is 4.95. The normalized spacial score (nSPS) is 12.6. The van der Waals surface area contributed by atoms with Gasteiger partial charge < -0.3 is 14.4 Å². The number of nitrogens with zero attached hydrogens (tertiary/aromatic N) is 4.